The summed E-state index contributed by atoms with van der Waals surface area (Å²) in [6, 6.07) is 11.5. The van der Waals surface area contributed by atoms with Crippen LogP contribution in [-0.4, -0.2) is 40.4 Å². The lowest BCUT2D eigenvalue weighted by molar-refractivity contribution is 0.0787. The van der Waals surface area contributed by atoms with E-state index in [9.17, 15) is 4.79 Å². The number of aromatic nitrogens is 2. The van der Waals surface area contributed by atoms with Crippen molar-refractivity contribution in [1.29, 1.82) is 0 Å². The number of hydrogen-bond donors (Lipinski definition) is 1. The molecule has 1 aliphatic rings. The summed E-state index contributed by atoms with van der Waals surface area (Å²) in [7, 11) is 0. The van der Waals surface area contributed by atoms with Crippen molar-refractivity contribution < 1.29 is 4.79 Å². The van der Waals surface area contributed by atoms with E-state index in [1.54, 1.807) is 6.07 Å². The summed E-state index contributed by atoms with van der Waals surface area (Å²) in [6.07, 6.45) is 3.15. The molecule has 1 aromatic heterocycles. The third-order valence-electron chi connectivity index (χ3n) is 3.93. The summed E-state index contributed by atoms with van der Waals surface area (Å²) in [5.41, 5.74) is 1.39. The fourth-order valence-corrected chi connectivity index (χ4v) is 2.70. The van der Waals surface area contributed by atoms with Crippen LogP contribution in [-0.2, 0) is 0 Å². The second-order valence-corrected chi connectivity index (χ2v) is 5.75. The first-order valence-corrected chi connectivity index (χ1v) is 8.25. The van der Waals surface area contributed by atoms with E-state index in [-0.39, 0.29) is 5.91 Å². The van der Waals surface area contributed by atoms with Crippen molar-refractivity contribution in [2.45, 2.75) is 26.2 Å². The van der Waals surface area contributed by atoms with Gasteiger partial charge in [-0.1, -0.05) is 37.3 Å². The Bertz CT molecular complexity index is 666. The Kier molecular flexibility index (Phi) is 4.86. The van der Waals surface area contributed by atoms with Crippen molar-refractivity contribution in [1.82, 2.24) is 14.9 Å². The molecule has 1 fully saturated rings. The Labute approximate surface area is 136 Å². The summed E-state index contributed by atoms with van der Waals surface area (Å²) in [4.78, 5) is 23.6. The number of benzene rings is 1. The van der Waals surface area contributed by atoms with E-state index in [0.717, 1.165) is 44.5 Å². The van der Waals surface area contributed by atoms with Crippen molar-refractivity contribution in [3.05, 3.63) is 42.1 Å². The van der Waals surface area contributed by atoms with Crippen molar-refractivity contribution in [2.75, 3.05) is 25.0 Å². The standard InChI is InChI=1S/C18H22N4O/c1-2-10-19-16-13-15(18(23)22-11-6-7-12-22)20-17(21-16)14-8-4-3-5-9-14/h3-5,8-9,13H,2,6-7,10-12H2,1H3,(H,19,20,21). The van der Waals surface area contributed by atoms with Gasteiger partial charge < -0.3 is 10.2 Å². The van der Waals surface area contributed by atoms with E-state index in [2.05, 4.69) is 22.2 Å². The summed E-state index contributed by atoms with van der Waals surface area (Å²) < 4.78 is 0. The molecule has 120 valence electrons. The average Bonchev–Trinajstić information content (AvgIpc) is 3.14. The first kappa shape index (κ1) is 15.5. The third-order valence-corrected chi connectivity index (χ3v) is 3.93. The quantitative estimate of drug-likeness (QED) is 0.921. The van der Waals surface area contributed by atoms with E-state index >= 15 is 0 Å². The Morgan fingerprint density at radius 1 is 1.17 bits per heavy atom. The Morgan fingerprint density at radius 3 is 2.61 bits per heavy atom. The maximum atomic E-state index is 12.7. The number of nitrogens with one attached hydrogen (secondary N) is 1. The topological polar surface area (TPSA) is 58.1 Å². The molecule has 5 nitrogen and oxygen atoms in total. The second kappa shape index (κ2) is 7.22. The minimum atomic E-state index is 0.00151. The highest BCUT2D eigenvalue weighted by molar-refractivity contribution is 5.93. The van der Waals surface area contributed by atoms with Gasteiger partial charge in [-0.05, 0) is 19.3 Å². The molecule has 2 aromatic rings. The Hall–Kier alpha value is -2.43. The van der Waals surface area contributed by atoms with Gasteiger partial charge in [-0.2, -0.15) is 0 Å². The molecule has 1 saturated heterocycles. The van der Waals surface area contributed by atoms with E-state index in [4.69, 9.17) is 0 Å². The van der Waals surface area contributed by atoms with Gasteiger partial charge in [0.15, 0.2) is 5.82 Å². The summed E-state index contributed by atoms with van der Waals surface area (Å²) in [6.45, 7) is 4.56. The number of anilines is 1. The van der Waals surface area contributed by atoms with Crippen LogP contribution in [0.1, 0.15) is 36.7 Å². The minimum Gasteiger partial charge on any atom is -0.370 e. The zero-order valence-corrected chi connectivity index (χ0v) is 13.5. The number of likely N-dealkylation sites (tertiary alicyclic amines) is 1. The van der Waals surface area contributed by atoms with E-state index < -0.39 is 0 Å². The number of carbonyl (C=O) groups excluding carboxylic acids is 1. The predicted octanol–water partition coefficient (Wildman–Crippen LogP) is 3.20. The molecule has 23 heavy (non-hydrogen) atoms. The number of rotatable bonds is 5. The lowest BCUT2D eigenvalue weighted by Gasteiger charge is -2.16. The number of hydrogen-bond acceptors (Lipinski definition) is 4. The fraction of sp³-hybridized carbons (Fsp3) is 0.389. The number of carbonyl (C=O) groups is 1. The molecule has 3 rings (SSSR count). The molecule has 0 aliphatic carbocycles. The van der Waals surface area contributed by atoms with Gasteiger partial charge in [-0.15, -0.1) is 0 Å². The predicted molar refractivity (Wildman–Crippen MR) is 91.4 cm³/mol. The fourth-order valence-electron chi connectivity index (χ4n) is 2.70. The lowest BCUT2D eigenvalue weighted by atomic mass is 10.2. The highest BCUT2D eigenvalue weighted by atomic mass is 16.2. The van der Waals surface area contributed by atoms with Crippen molar-refractivity contribution >= 4 is 11.7 Å². The minimum absolute atomic E-state index is 0.00151. The molecule has 0 bridgehead atoms. The first-order valence-electron chi connectivity index (χ1n) is 8.25. The molecule has 1 aliphatic heterocycles. The van der Waals surface area contributed by atoms with Crippen LogP contribution >= 0.6 is 0 Å². The highest BCUT2D eigenvalue weighted by Crippen LogP contribution is 2.20. The molecule has 2 heterocycles. The van der Waals surface area contributed by atoms with Crippen LogP contribution in [0.4, 0.5) is 5.82 Å². The van der Waals surface area contributed by atoms with Crippen LogP contribution in [0, 0.1) is 0 Å². The van der Waals surface area contributed by atoms with Gasteiger partial charge in [-0.25, -0.2) is 9.97 Å². The lowest BCUT2D eigenvalue weighted by Crippen LogP contribution is -2.28. The van der Waals surface area contributed by atoms with E-state index in [0.29, 0.717) is 17.3 Å². The van der Waals surface area contributed by atoms with Crippen LogP contribution < -0.4 is 5.32 Å². The Morgan fingerprint density at radius 2 is 1.91 bits per heavy atom. The molecule has 5 heteroatoms. The molecule has 0 saturated carbocycles. The number of amides is 1. The van der Waals surface area contributed by atoms with Gasteiger partial charge in [0, 0.05) is 31.3 Å². The average molecular weight is 310 g/mol. The van der Waals surface area contributed by atoms with Crippen LogP contribution in [0.5, 0.6) is 0 Å². The van der Waals surface area contributed by atoms with Gasteiger partial charge in [0.25, 0.3) is 5.91 Å². The second-order valence-electron chi connectivity index (χ2n) is 5.75. The van der Waals surface area contributed by atoms with Gasteiger partial charge in [0.2, 0.25) is 0 Å². The summed E-state index contributed by atoms with van der Waals surface area (Å²) in [5, 5.41) is 3.27. The van der Waals surface area contributed by atoms with Crippen LogP contribution in [0.25, 0.3) is 11.4 Å². The molecule has 1 amide bonds. The smallest absolute Gasteiger partial charge is 0.272 e. The van der Waals surface area contributed by atoms with E-state index in [1.807, 2.05) is 35.2 Å². The molecule has 1 aromatic carbocycles. The van der Waals surface area contributed by atoms with Gasteiger partial charge in [-0.3, -0.25) is 4.79 Å². The molecule has 0 spiro atoms. The largest absolute Gasteiger partial charge is 0.370 e. The van der Waals surface area contributed by atoms with Crippen LogP contribution in [0.3, 0.4) is 0 Å². The maximum Gasteiger partial charge on any atom is 0.272 e. The zero-order valence-electron chi connectivity index (χ0n) is 13.5. The molecular weight excluding hydrogens is 288 g/mol. The van der Waals surface area contributed by atoms with Crippen molar-refractivity contribution in [2.24, 2.45) is 0 Å². The first-order chi connectivity index (χ1) is 11.3. The van der Waals surface area contributed by atoms with Crippen LogP contribution in [0.2, 0.25) is 0 Å². The molecule has 0 unspecified atom stereocenters. The molecular formula is C18H22N4O. The summed E-state index contributed by atoms with van der Waals surface area (Å²) >= 11 is 0. The van der Waals surface area contributed by atoms with E-state index in [1.165, 1.54) is 0 Å². The molecule has 0 atom stereocenters. The van der Waals surface area contributed by atoms with Crippen LogP contribution in [0.15, 0.2) is 36.4 Å². The maximum absolute atomic E-state index is 12.7. The molecule has 1 N–H and O–H groups in total. The van der Waals surface area contributed by atoms with Gasteiger partial charge in [0.1, 0.15) is 11.5 Å². The summed E-state index contributed by atoms with van der Waals surface area (Å²) in [5.74, 6) is 1.30. The zero-order chi connectivity index (χ0) is 16.1. The van der Waals surface area contributed by atoms with Gasteiger partial charge >= 0.3 is 0 Å². The highest BCUT2D eigenvalue weighted by Gasteiger charge is 2.22. The SMILES string of the molecule is CCCNc1cc(C(=O)N2CCCC2)nc(-c2ccccc2)n1. The van der Waals surface area contributed by atoms with Gasteiger partial charge in [0.05, 0.1) is 0 Å². The Balaban J connectivity index is 1.95. The number of nitrogens with zero attached hydrogens (tertiary/aromatic N) is 3. The van der Waals surface area contributed by atoms with Crippen molar-refractivity contribution in [3.63, 3.8) is 0 Å². The third kappa shape index (κ3) is 3.67. The normalized spacial score (nSPS) is 14.0. The van der Waals surface area contributed by atoms with Crippen molar-refractivity contribution in [3.8, 4) is 11.4 Å². The monoisotopic (exact) mass is 310 g/mol. The molecule has 0 radical (unpaired) electrons.